The number of likely N-dealkylation sites (tertiary alicyclic amines) is 1. The Morgan fingerprint density at radius 2 is 1.54 bits per heavy atom. The average molecular weight is 551 g/mol. The lowest BCUT2D eigenvalue weighted by Crippen LogP contribution is -2.40. The van der Waals surface area contributed by atoms with E-state index in [1.54, 1.807) is 0 Å². The van der Waals surface area contributed by atoms with Crippen LogP contribution < -0.4 is 0 Å². The molecule has 0 bridgehead atoms. The van der Waals surface area contributed by atoms with E-state index in [1.165, 1.54) is 16.8 Å². The van der Waals surface area contributed by atoms with Crippen molar-refractivity contribution in [2.24, 2.45) is 5.92 Å². The third-order valence-electron chi connectivity index (χ3n) is 5.68. The van der Waals surface area contributed by atoms with Crippen LogP contribution in [0.15, 0.2) is 35.1 Å². The van der Waals surface area contributed by atoms with Gasteiger partial charge in [0.15, 0.2) is 0 Å². The molecule has 3 heterocycles. The van der Waals surface area contributed by atoms with E-state index in [1.807, 2.05) is 85.7 Å². The number of aromatic nitrogens is 2. The van der Waals surface area contributed by atoms with Crippen molar-refractivity contribution < 1.29 is 9.53 Å². The largest absolute Gasteiger partial charge is 0.450 e. The van der Waals surface area contributed by atoms with Gasteiger partial charge >= 0.3 is 6.09 Å². The van der Waals surface area contributed by atoms with Gasteiger partial charge in [-0.2, -0.15) is 0 Å². The van der Waals surface area contributed by atoms with E-state index in [9.17, 15) is 4.79 Å². The van der Waals surface area contributed by atoms with E-state index in [4.69, 9.17) is 14.7 Å². The van der Waals surface area contributed by atoms with E-state index < -0.39 is 0 Å². The number of carbonyl (C=O) groups excluding carboxylic acids is 1. The second kappa shape index (κ2) is 19.3. The first kappa shape index (κ1) is 33.0. The summed E-state index contributed by atoms with van der Waals surface area (Å²) in [4.78, 5) is 23.5. The Morgan fingerprint density at radius 3 is 2.14 bits per heavy atom. The molecule has 1 fully saturated rings. The molecule has 1 aliphatic heterocycles. The van der Waals surface area contributed by atoms with Crippen molar-refractivity contribution in [2.75, 3.05) is 19.7 Å². The smallest absolute Gasteiger partial charge is 0.409 e. The second-order valence-electron chi connectivity index (χ2n) is 7.25. The summed E-state index contributed by atoms with van der Waals surface area (Å²) >= 11 is 3.57. The van der Waals surface area contributed by atoms with Crippen molar-refractivity contribution in [2.45, 2.75) is 93.9 Å². The maximum Gasteiger partial charge on any atom is 0.409 e. The van der Waals surface area contributed by atoms with Crippen LogP contribution >= 0.6 is 15.9 Å². The van der Waals surface area contributed by atoms with E-state index in [-0.39, 0.29) is 12.0 Å². The first-order valence-corrected chi connectivity index (χ1v) is 14.5. The third kappa shape index (κ3) is 9.21. The fourth-order valence-corrected chi connectivity index (χ4v) is 4.77. The summed E-state index contributed by atoms with van der Waals surface area (Å²) in [6.45, 7) is 19.7. The summed E-state index contributed by atoms with van der Waals surface area (Å²) in [5.41, 5.74) is 4.95. The summed E-state index contributed by atoms with van der Waals surface area (Å²) < 4.78 is 6.19. The molecule has 0 aromatic carbocycles. The van der Waals surface area contributed by atoms with Gasteiger partial charge in [0.05, 0.1) is 18.0 Å². The zero-order chi connectivity index (χ0) is 26.8. The normalized spacial score (nSPS) is 15.9. The van der Waals surface area contributed by atoms with Gasteiger partial charge in [-0.3, -0.25) is 9.97 Å². The summed E-state index contributed by atoms with van der Waals surface area (Å²) in [7, 11) is 0. The number of carbonyl (C=O) groups is 1. The molecule has 1 saturated heterocycles. The number of nitrogens with zero attached hydrogens (tertiary/aromatic N) is 3. The molecule has 0 spiro atoms. The van der Waals surface area contributed by atoms with Crippen LogP contribution in [0.25, 0.3) is 0 Å². The standard InChI is InChI=1S/C21H24BrN3O2.4C2H6/c1-2-27-21(26)25-10-7-14(8-11-25)18-19-15(4-3-9-23-19)5-6-16-12-17(22)13-24-20(16)18;4*1-2/h3-4,9,12-14,18H,2,5-8,10-11H2,1H3;4*1-2H3. The number of fused-ring (bicyclic) bond motifs is 2. The monoisotopic (exact) mass is 549 g/mol. The fourth-order valence-electron chi connectivity index (χ4n) is 4.39. The van der Waals surface area contributed by atoms with Crippen LogP contribution in [0.2, 0.25) is 0 Å². The predicted octanol–water partition coefficient (Wildman–Crippen LogP) is 8.44. The van der Waals surface area contributed by atoms with Crippen molar-refractivity contribution in [3.05, 3.63) is 57.6 Å². The molecular formula is C29H48BrN3O2. The highest BCUT2D eigenvalue weighted by Crippen LogP contribution is 2.41. The van der Waals surface area contributed by atoms with Gasteiger partial charge < -0.3 is 9.64 Å². The number of piperidine rings is 1. The SMILES string of the molecule is CC.CC.CC.CC.CCOC(=O)N1CCC(C2c3ncccc3CCc3cc(Br)cnc32)CC1. The molecule has 2 aliphatic rings. The van der Waals surface area contributed by atoms with Crippen LogP contribution in [-0.2, 0) is 17.6 Å². The summed E-state index contributed by atoms with van der Waals surface area (Å²) in [5.74, 6) is 0.617. The highest BCUT2D eigenvalue weighted by atomic mass is 79.9. The van der Waals surface area contributed by atoms with Gasteiger partial charge in [0, 0.05) is 35.9 Å². The minimum absolute atomic E-state index is 0.191. The number of hydrogen-bond acceptors (Lipinski definition) is 4. The van der Waals surface area contributed by atoms with Crippen molar-refractivity contribution in [3.8, 4) is 0 Å². The Bertz CT molecular complexity index is 836. The van der Waals surface area contributed by atoms with Crippen LogP contribution in [0.4, 0.5) is 4.79 Å². The molecule has 0 saturated carbocycles. The minimum Gasteiger partial charge on any atom is -0.450 e. The zero-order valence-electron chi connectivity index (χ0n) is 23.5. The molecule has 1 aliphatic carbocycles. The van der Waals surface area contributed by atoms with Gasteiger partial charge in [-0.15, -0.1) is 0 Å². The van der Waals surface area contributed by atoms with Crippen LogP contribution in [0, 0.1) is 5.92 Å². The number of rotatable bonds is 2. The first-order valence-electron chi connectivity index (χ1n) is 13.7. The maximum absolute atomic E-state index is 12.0. The number of aryl methyl sites for hydroxylation is 2. The van der Waals surface area contributed by atoms with Gasteiger partial charge in [0.2, 0.25) is 0 Å². The maximum atomic E-state index is 12.0. The molecule has 5 nitrogen and oxygen atoms in total. The number of halogens is 1. The first-order chi connectivity index (χ1) is 17.2. The quantitative estimate of drug-likeness (QED) is 0.377. The Hall–Kier alpha value is -1.95. The number of pyridine rings is 2. The number of ether oxygens (including phenoxy) is 1. The molecule has 2 aromatic rings. The van der Waals surface area contributed by atoms with Crippen LogP contribution in [0.3, 0.4) is 0 Å². The lowest BCUT2D eigenvalue weighted by Gasteiger charge is -2.35. The molecule has 1 unspecified atom stereocenters. The van der Waals surface area contributed by atoms with Crippen molar-refractivity contribution in [3.63, 3.8) is 0 Å². The highest BCUT2D eigenvalue weighted by Gasteiger charge is 2.35. The molecule has 2 aromatic heterocycles. The minimum atomic E-state index is -0.196. The zero-order valence-corrected chi connectivity index (χ0v) is 25.1. The number of amides is 1. The molecule has 35 heavy (non-hydrogen) atoms. The average Bonchev–Trinajstić information content (AvgIpc) is 3.10. The molecular weight excluding hydrogens is 502 g/mol. The lowest BCUT2D eigenvalue weighted by atomic mass is 9.78. The molecule has 4 rings (SSSR count). The van der Waals surface area contributed by atoms with E-state index in [0.717, 1.165) is 48.9 Å². The third-order valence-corrected chi connectivity index (χ3v) is 6.12. The molecule has 0 N–H and O–H groups in total. The Morgan fingerprint density at radius 1 is 0.971 bits per heavy atom. The van der Waals surface area contributed by atoms with Crippen LogP contribution in [0.5, 0.6) is 0 Å². The second-order valence-corrected chi connectivity index (χ2v) is 8.16. The molecule has 1 atom stereocenters. The van der Waals surface area contributed by atoms with Crippen LogP contribution in [-0.4, -0.2) is 40.7 Å². The van der Waals surface area contributed by atoms with Crippen molar-refractivity contribution >= 4 is 22.0 Å². The predicted molar refractivity (Wildman–Crippen MR) is 152 cm³/mol. The summed E-state index contributed by atoms with van der Waals surface area (Å²) in [6, 6.07) is 6.43. The highest BCUT2D eigenvalue weighted by molar-refractivity contribution is 9.10. The van der Waals surface area contributed by atoms with E-state index >= 15 is 0 Å². The van der Waals surface area contributed by atoms with Gasteiger partial charge in [-0.05, 0) is 77.7 Å². The van der Waals surface area contributed by atoms with E-state index in [2.05, 4.69) is 28.1 Å². The lowest BCUT2D eigenvalue weighted by molar-refractivity contribution is 0.0898. The molecule has 1 amide bonds. The molecule has 6 heteroatoms. The summed E-state index contributed by atoms with van der Waals surface area (Å²) in [6.07, 6.45) is 7.45. The Balaban J connectivity index is 0.00000132. The Kier molecular flexibility index (Phi) is 18.2. The topological polar surface area (TPSA) is 55.3 Å². The number of hydrogen-bond donors (Lipinski definition) is 0. The molecule has 0 radical (unpaired) electrons. The summed E-state index contributed by atoms with van der Waals surface area (Å²) in [5, 5.41) is 0. The van der Waals surface area contributed by atoms with Gasteiger partial charge in [0.25, 0.3) is 0 Å². The Labute approximate surface area is 223 Å². The molecule has 198 valence electrons. The fraction of sp³-hybridized carbons (Fsp3) is 0.621. The van der Waals surface area contributed by atoms with Gasteiger partial charge in [-0.1, -0.05) is 61.5 Å². The van der Waals surface area contributed by atoms with Gasteiger partial charge in [-0.25, -0.2) is 4.79 Å². The van der Waals surface area contributed by atoms with Crippen molar-refractivity contribution in [1.29, 1.82) is 0 Å². The van der Waals surface area contributed by atoms with Crippen LogP contribution in [0.1, 0.15) is 104 Å². The van der Waals surface area contributed by atoms with Crippen molar-refractivity contribution in [1.82, 2.24) is 14.9 Å². The van der Waals surface area contributed by atoms with Gasteiger partial charge in [0.1, 0.15) is 0 Å². The van der Waals surface area contributed by atoms with E-state index in [0.29, 0.717) is 12.5 Å².